The minimum Gasteiger partial charge on any atom is -0.326 e. The molecule has 3 nitrogen and oxygen atoms in total. The molecule has 102 valence electrons. The van der Waals surface area contributed by atoms with Crippen LogP contribution in [0.3, 0.4) is 0 Å². The summed E-state index contributed by atoms with van der Waals surface area (Å²) in [7, 11) is 0. The Bertz CT molecular complexity index is 601. The number of nitrogens with zero attached hydrogens (tertiary/aromatic N) is 1. The lowest BCUT2D eigenvalue weighted by molar-refractivity contribution is -0.114. The first kappa shape index (κ1) is 14.0. The van der Waals surface area contributed by atoms with E-state index in [-0.39, 0.29) is 5.91 Å². The van der Waals surface area contributed by atoms with Gasteiger partial charge in [-0.2, -0.15) is 0 Å². The highest BCUT2D eigenvalue weighted by Gasteiger charge is 2.00. The molecule has 0 fully saturated rings. The number of amides is 1. The summed E-state index contributed by atoms with van der Waals surface area (Å²) in [4.78, 5) is 15.0. The zero-order valence-electron chi connectivity index (χ0n) is 11.8. The molecule has 0 aliphatic rings. The number of aromatic nitrogens is 1. The van der Waals surface area contributed by atoms with E-state index in [1.165, 1.54) is 18.1 Å². The summed E-state index contributed by atoms with van der Waals surface area (Å²) in [6.07, 6.45) is 6.72. The van der Waals surface area contributed by atoms with Gasteiger partial charge in [0.15, 0.2) is 0 Å². The van der Waals surface area contributed by atoms with E-state index in [9.17, 15) is 4.79 Å². The molecule has 1 aromatic carbocycles. The van der Waals surface area contributed by atoms with Gasteiger partial charge in [-0.25, -0.2) is 0 Å². The number of nitrogens with one attached hydrogen (secondary N) is 1. The van der Waals surface area contributed by atoms with E-state index in [0.717, 1.165) is 17.7 Å². The summed E-state index contributed by atoms with van der Waals surface area (Å²) >= 11 is 0. The molecule has 0 bridgehead atoms. The van der Waals surface area contributed by atoms with Crippen LogP contribution in [0.5, 0.6) is 0 Å². The summed E-state index contributed by atoms with van der Waals surface area (Å²) in [5.74, 6) is -0.0562. The van der Waals surface area contributed by atoms with Crippen molar-refractivity contribution in [2.45, 2.75) is 20.3 Å². The van der Waals surface area contributed by atoms with Gasteiger partial charge in [0.05, 0.1) is 0 Å². The summed E-state index contributed by atoms with van der Waals surface area (Å²) < 4.78 is 0. The monoisotopic (exact) mass is 266 g/mol. The summed E-state index contributed by atoms with van der Waals surface area (Å²) in [5.41, 5.74) is 4.39. The molecule has 1 N–H and O–H groups in total. The molecule has 1 amide bonds. The van der Waals surface area contributed by atoms with Crippen molar-refractivity contribution in [3.63, 3.8) is 0 Å². The van der Waals surface area contributed by atoms with Crippen LogP contribution in [-0.4, -0.2) is 10.9 Å². The number of benzene rings is 1. The third-order valence-corrected chi connectivity index (χ3v) is 3.00. The molecular weight excluding hydrogens is 248 g/mol. The quantitative estimate of drug-likeness (QED) is 0.909. The second kappa shape index (κ2) is 6.66. The van der Waals surface area contributed by atoms with Gasteiger partial charge >= 0.3 is 0 Å². The Morgan fingerprint density at radius 2 is 1.80 bits per heavy atom. The number of carbonyl (C=O) groups is 1. The SMILES string of the molecule is CCC(=Cc1ccc(NC(C)=O)cc1)c1ccncc1. The highest BCUT2D eigenvalue weighted by Crippen LogP contribution is 2.21. The molecule has 1 heterocycles. The highest BCUT2D eigenvalue weighted by atomic mass is 16.1. The van der Waals surface area contributed by atoms with Crippen LogP contribution in [-0.2, 0) is 4.79 Å². The van der Waals surface area contributed by atoms with Gasteiger partial charge in [-0.3, -0.25) is 9.78 Å². The average molecular weight is 266 g/mol. The van der Waals surface area contributed by atoms with Crippen molar-refractivity contribution in [2.75, 3.05) is 5.32 Å². The van der Waals surface area contributed by atoms with E-state index in [4.69, 9.17) is 0 Å². The van der Waals surface area contributed by atoms with Crippen LogP contribution < -0.4 is 5.32 Å². The zero-order chi connectivity index (χ0) is 14.4. The maximum Gasteiger partial charge on any atom is 0.221 e. The second-order valence-corrected chi connectivity index (χ2v) is 4.56. The van der Waals surface area contributed by atoms with Crippen molar-refractivity contribution in [1.82, 2.24) is 4.98 Å². The standard InChI is InChI=1S/C17H18N2O/c1-3-15(16-8-10-18-11-9-16)12-14-4-6-17(7-5-14)19-13(2)20/h4-12H,3H2,1-2H3,(H,19,20). The lowest BCUT2D eigenvalue weighted by Gasteiger charge is -2.06. The van der Waals surface area contributed by atoms with Crippen molar-refractivity contribution < 1.29 is 4.79 Å². The number of anilines is 1. The number of hydrogen-bond donors (Lipinski definition) is 1. The molecule has 0 aliphatic carbocycles. The van der Waals surface area contributed by atoms with E-state index in [1.54, 1.807) is 12.4 Å². The largest absolute Gasteiger partial charge is 0.326 e. The Morgan fingerprint density at radius 1 is 1.15 bits per heavy atom. The van der Waals surface area contributed by atoms with Crippen molar-refractivity contribution >= 4 is 23.2 Å². The van der Waals surface area contributed by atoms with Gasteiger partial charge in [-0.15, -0.1) is 0 Å². The molecule has 2 rings (SSSR count). The minimum atomic E-state index is -0.0562. The van der Waals surface area contributed by atoms with E-state index >= 15 is 0 Å². The second-order valence-electron chi connectivity index (χ2n) is 4.56. The normalized spacial score (nSPS) is 11.2. The molecule has 0 unspecified atom stereocenters. The van der Waals surface area contributed by atoms with Gasteiger partial charge in [-0.05, 0) is 47.4 Å². The first-order valence-corrected chi connectivity index (χ1v) is 6.67. The molecule has 0 spiro atoms. The molecule has 20 heavy (non-hydrogen) atoms. The maximum absolute atomic E-state index is 11.0. The molecule has 0 saturated heterocycles. The van der Waals surface area contributed by atoms with Crippen molar-refractivity contribution in [1.29, 1.82) is 0 Å². The lowest BCUT2D eigenvalue weighted by atomic mass is 10.0. The van der Waals surface area contributed by atoms with E-state index < -0.39 is 0 Å². The topological polar surface area (TPSA) is 42.0 Å². The van der Waals surface area contributed by atoms with Gasteiger partial charge in [0, 0.05) is 25.0 Å². The molecule has 0 radical (unpaired) electrons. The maximum atomic E-state index is 11.0. The van der Waals surface area contributed by atoms with Crippen LogP contribution in [0.1, 0.15) is 31.4 Å². The first-order chi connectivity index (χ1) is 9.69. The molecular formula is C17H18N2O. The zero-order valence-corrected chi connectivity index (χ0v) is 11.8. The van der Waals surface area contributed by atoms with Crippen LogP contribution >= 0.6 is 0 Å². The fourth-order valence-electron chi connectivity index (χ4n) is 2.02. The van der Waals surface area contributed by atoms with Crippen LogP contribution in [0.15, 0.2) is 48.8 Å². The summed E-state index contributed by atoms with van der Waals surface area (Å²) in [5, 5.41) is 2.76. The number of carbonyl (C=O) groups excluding carboxylic acids is 1. The summed E-state index contributed by atoms with van der Waals surface area (Å²) in [6.45, 7) is 3.64. The molecule has 2 aromatic rings. The lowest BCUT2D eigenvalue weighted by Crippen LogP contribution is -2.05. The highest BCUT2D eigenvalue weighted by molar-refractivity contribution is 5.89. The molecule has 0 saturated carbocycles. The Labute approximate surface area is 119 Å². The van der Waals surface area contributed by atoms with Gasteiger partial charge < -0.3 is 5.32 Å². The fourth-order valence-corrected chi connectivity index (χ4v) is 2.02. The van der Waals surface area contributed by atoms with Crippen molar-refractivity contribution in [3.8, 4) is 0 Å². The Balaban J connectivity index is 2.22. The van der Waals surface area contributed by atoms with Crippen molar-refractivity contribution in [2.24, 2.45) is 0 Å². The molecule has 0 aliphatic heterocycles. The number of rotatable bonds is 4. The Kier molecular flexibility index (Phi) is 4.66. The number of hydrogen-bond acceptors (Lipinski definition) is 2. The van der Waals surface area contributed by atoms with E-state index in [2.05, 4.69) is 23.3 Å². The van der Waals surface area contributed by atoms with Crippen molar-refractivity contribution in [3.05, 3.63) is 59.9 Å². The van der Waals surface area contributed by atoms with Crippen LogP contribution in [0.25, 0.3) is 11.6 Å². The molecule has 0 atom stereocenters. The third-order valence-electron chi connectivity index (χ3n) is 3.00. The van der Waals surface area contributed by atoms with Crippen LogP contribution in [0.4, 0.5) is 5.69 Å². The Hall–Kier alpha value is -2.42. The van der Waals surface area contributed by atoms with Gasteiger partial charge in [0.25, 0.3) is 0 Å². The Morgan fingerprint density at radius 3 is 2.35 bits per heavy atom. The van der Waals surface area contributed by atoms with Gasteiger partial charge in [0.1, 0.15) is 0 Å². The third kappa shape index (κ3) is 3.79. The number of pyridine rings is 1. The number of allylic oxidation sites excluding steroid dienone is 1. The van der Waals surface area contributed by atoms with Crippen LogP contribution in [0, 0.1) is 0 Å². The minimum absolute atomic E-state index is 0.0562. The van der Waals surface area contributed by atoms with Crippen LogP contribution in [0.2, 0.25) is 0 Å². The smallest absolute Gasteiger partial charge is 0.221 e. The fraction of sp³-hybridized carbons (Fsp3) is 0.176. The predicted molar refractivity (Wildman–Crippen MR) is 83.1 cm³/mol. The average Bonchev–Trinajstić information content (AvgIpc) is 2.47. The summed E-state index contributed by atoms with van der Waals surface area (Å²) in [6, 6.07) is 11.9. The van der Waals surface area contributed by atoms with Gasteiger partial charge in [0.2, 0.25) is 5.91 Å². The van der Waals surface area contributed by atoms with E-state index in [0.29, 0.717) is 0 Å². The van der Waals surface area contributed by atoms with Gasteiger partial charge in [-0.1, -0.05) is 25.1 Å². The first-order valence-electron chi connectivity index (χ1n) is 6.67. The molecule has 1 aromatic heterocycles. The van der Waals surface area contributed by atoms with E-state index in [1.807, 2.05) is 36.4 Å². The molecule has 3 heteroatoms. The predicted octanol–water partition coefficient (Wildman–Crippen LogP) is 3.99.